The third-order valence-electron chi connectivity index (χ3n) is 5.27. The molecule has 2 heterocycles. The van der Waals surface area contributed by atoms with Gasteiger partial charge < -0.3 is 14.3 Å². The highest BCUT2D eigenvalue weighted by atomic mass is 16.5. The van der Waals surface area contributed by atoms with Gasteiger partial charge >= 0.3 is 5.97 Å². The minimum absolute atomic E-state index is 0.312. The van der Waals surface area contributed by atoms with Crippen molar-refractivity contribution in [3.05, 3.63) is 71.1 Å². The number of aromatic nitrogens is 1. The highest BCUT2D eigenvalue weighted by Crippen LogP contribution is 2.25. The van der Waals surface area contributed by atoms with Gasteiger partial charge in [-0.15, -0.1) is 0 Å². The van der Waals surface area contributed by atoms with Gasteiger partial charge in [0.2, 0.25) is 5.89 Å². The average Bonchev–Trinajstić information content (AvgIpc) is 3.05. The van der Waals surface area contributed by atoms with Gasteiger partial charge in [-0.05, 0) is 50.1 Å². The van der Waals surface area contributed by atoms with E-state index in [0.717, 1.165) is 34.9 Å². The molecule has 1 atom stereocenters. The van der Waals surface area contributed by atoms with Crippen molar-refractivity contribution in [3.8, 4) is 17.2 Å². The van der Waals surface area contributed by atoms with Crippen LogP contribution in [-0.2, 0) is 17.9 Å². The van der Waals surface area contributed by atoms with E-state index >= 15 is 0 Å². The molecule has 0 spiro atoms. The molecule has 0 bridgehead atoms. The first-order valence-electron chi connectivity index (χ1n) is 9.71. The zero-order valence-electron chi connectivity index (χ0n) is 16.6. The van der Waals surface area contributed by atoms with E-state index in [4.69, 9.17) is 9.15 Å². The molecule has 150 valence electrons. The standard InChI is InChI=1S/C23H24N2O4/c1-15-6-8-18(9-7-15)22-24-20(16(2)29-22)14-28-19-5-3-4-17(12-19)13-25-11-10-21(25)23(26)27/h3-9,12,21H,10-11,13-14H2,1-2H3,(H,26,27). The molecule has 4 rings (SSSR count). The number of rotatable bonds is 7. The molecule has 0 saturated carbocycles. The van der Waals surface area contributed by atoms with Gasteiger partial charge in [0, 0.05) is 18.7 Å². The van der Waals surface area contributed by atoms with Gasteiger partial charge in [0.05, 0.1) is 0 Å². The van der Waals surface area contributed by atoms with Crippen molar-refractivity contribution < 1.29 is 19.1 Å². The molecule has 0 radical (unpaired) electrons. The first-order valence-corrected chi connectivity index (χ1v) is 9.71. The summed E-state index contributed by atoms with van der Waals surface area (Å²) in [4.78, 5) is 17.7. The smallest absolute Gasteiger partial charge is 0.320 e. The molecule has 29 heavy (non-hydrogen) atoms. The van der Waals surface area contributed by atoms with Crippen LogP contribution in [0.3, 0.4) is 0 Å². The highest BCUT2D eigenvalue weighted by molar-refractivity contribution is 5.74. The molecular weight excluding hydrogens is 368 g/mol. The summed E-state index contributed by atoms with van der Waals surface area (Å²) in [5.74, 6) is 1.30. The van der Waals surface area contributed by atoms with Crippen LogP contribution in [0.2, 0.25) is 0 Å². The molecule has 0 aliphatic carbocycles. The van der Waals surface area contributed by atoms with Crippen molar-refractivity contribution >= 4 is 5.97 Å². The number of carbonyl (C=O) groups is 1. The lowest BCUT2D eigenvalue weighted by Gasteiger charge is -2.37. The number of nitrogens with zero attached hydrogens (tertiary/aromatic N) is 2. The molecule has 1 aliphatic rings. The lowest BCUT2D eigenvalue weighted by Crippen LogP contribution is -2.51. The quantitative estimate of drug-likeness (QED) is 0.650. The number of carboxylic acids is 1. The minimum atomic E-state index is -0.755. The number of aryl methyl sites for hydroxylation is 2. The molecule has 1 aromatic heterocycles. The Morgan fingerprint density at radius 2 is 2.03 bits per heavy atom. The molecule has 1 N–H and O–H groups in total. The van der Waals surface area contributed by atoms with Crippen LogP contribution in [-0.4, -0.2) is 33.5 Å². The first kappa shape index (κ1) is 19.2. The van der Waals surface area contributed by atoms with Crippen LogP contribution in [0.5, 0.6) is 5.75 Å². The van der Waals surface area contributed by atoms with E-state index in [0.29, 0.717) is 25.5 Å². The monoisotopic (exact) mass is 392 g/mol. The Morgan fingerprint density at radius 1 is 1.24 bits per heavy atom. The summed E-state index contributed by atoms with van der Waals surface area (Å²) in [7, 11) is 0. The summed E-state index contributed by atoms with van der Waals surface area (Å²) < 4.78 is 11.7. The maximum absolute atomic E-state index is 11.2. The Morgan fingerprint density at radius 3 is 2.72 bits per heavy atom. The van der Waals surface area contributed by atoms with Crippen LogP contribution in [0.15, 0.2) is 52.9 Å². The lowest BCUT2D eigenvalue weighted by molar-refractivity contribution is -0.148. The van der Waals surface area contributed by atoms with Crippen LogP contribution < -0.4 is 4.74 Å². The third-order valence-corrected chi connectivity index (χ3v) is 5.27. The second-order valence-electron chi connectivity index (χ2n) is 7.44. The van der Waals surface area contributed by atoms with Crippen molar-refractivity contribution in [3.63, 3.8) is 0 Å². The Hall–Kier alpha value is -3.12. The Balaban J connectivity index is 1.40. The number of likely N-dealkylation sites (tertiary alicyclic amines) is 1. The van der Waals surface area contributed by atoms with E-state index in [1.54, 1.807) is 0 Å². The van der Waals surface area contributed by atoms with Crippen molar-refractivity contribution in [1.82, 2.24) is 9.88 Å². The van der Waals surface area contributed by atoms with Gasteiger partial charge in [-0.2, -0.15) is 0 Å². The summed E-state index contributed by atoms with van der Waals surface area (Å²) >= 11 is 0. The molecule has 2 aromatic carbocycles. The maximum Gasteiger partial charge on any atom is 0.320 e. The van der Waals surface area contributed by atoms with Crippen LogP contribution in [0, 0.1) is 13.8 Å². The van der Waals surface area contributed by atoms with Gasteiger partial charge in [-0.3, -0.25) is 9.69 Å². The zero-order chi connectivity index (χ0) is 20.4. The number of benzene rings is 2. The maximum atomic E-state index is 11.2. The number of ether oxygens (including phenoxy) is 1. The second kappa shape index (κ2) is 8.09. The fraction of sp³-hybridized carbons (Fsp3) is 0.304. The Bertz CT molecular complexity index is 1010. The lowest BCUT2D eigenvalue weighted by atomic mass is 10.0. The predicted octanol–water partition coefficient (Wildman–Crippen LogP) is 4.20. The van der Waals surface area contributed by atoms with Crippen molar-refractivity contribution in [2.45, 2.75) is 39.5 Å². The molecule has 6 nitrogen and oxygen atoms in total. The van der Waals surface area contributed by atoms with E-state index in [1.807, 2.05) is 67.3 Å². The van der Waals surface area contributed by atoms with Crippen molar-refractivity contribution in [1.29, 1.82) is 0 Å². The van der Waals surface area contributed by atoms with E-state index in [-0.39, 0.29) is 6.04 Å². The molecule has 1 unspecified atom stereocenters. The largest absolute Gasteiger partial charge is 0.487 e. The number of hydrogen-bond donors (Lipinski definition) is 1. The number of carboxylic acid groups (broad SMARTS) is 1. The third kappa shape index (κ3) is 4.32. The predicted molar refractivity (Wildman–Crippen MR) is 109 cm³/mol. The summed E-state index contributed by atoms with van der Waals surface area (Å²) in [5, 5.41) is 9.19. The summed E-state index contributed by atoms with van der Waals surface area (Å²) in [6, 6.07) is 15.4. The number of oxazole rings is 1. The Labute approximate surface area is 169 Å². The van der Waals surface area contributed by atoms with Crippen LogP contribution in [0.4, 0.5) is 0 Å². The van der Waals surface area contributed by atoms with Gasteiger partial charge in [0.1, 0.15) is 29.9 Å². The zero-order valence-corrected chi connectivity index (χ0v) is 16.6. The molecule has 3 aromatic rings. The summed E-state index contributed by atoms with van der Waals surface area (Å²) in [5.41, 5.74) is 3.92. The van der Waals surface area contributed by atoms with Crippen LogP contribution in [0.25, 0.3) is 11.5 Å². The van der Waals surface area contributed by atoms with E-state index in [1.165, 1.54) is 5.56 Å². The average molecular weight is 392 g/mol. The van der Waals surface area contributed by atoms with Gasteiger partial charge in [0.25, 0.3) is 0 Å². The van der Waals surface area contributed by atoms with E-state index < -0.39 is 5.97 Å². The number of hydrogen-bond acceptors (Lipinski definition) is 5. The molecule has 6 heteroatoms. The van der Waals surface area contributed by atoms with Crippen molar-refractivity contribution in [2.75, 3.05) is 6.54 Å². The van der Waals surface area contributed by atoms with Gasteiger partial charge in [0.15, 0.2) is 0 Å². The van der Waals surface area contributed by atoms with E-state index in [9.17, 15) is 9.90 Å². The normalized spacial score (nSPS) is 16.4. The van der Waals surface area contributed by atoms with Crippen LogP contribution >= 0.6 is 0 Å². The van der Waals surface area contributed by atoms with Gasteiger partial charge in [-0.25, -0.2) is 4.98 Å². The molecule has 1 fully saturated rings. The van der Waals surface area contributed by atoms with E-state index in [2.05, 4.69) is 4.98 Å². The van der Waals surface area contributed by atoms with Crippen molar-refractivity contribution in [2.24, 2.45) is 0 Å². The van der Waals surface area contributed by atoms with Gasteiger partial charge in [-0.1, -0.05) is 29.8 Å². The first-order chi connectivity index (χ1) is 14.0. The SMILES string of the molecule is Cc1ccc(-c2nc(COc3cccc(CN4CCC4C(=O)O)c3)c(C)o2)cc1. The molecular formula is C23H24N2O4. The topological polar surface area (TPSA) is 75.8 Å². The summed E-state index contributed by atoms with van der Waals surface area (Å²) in [6.45, 7) is 5.65. The fourth-order valence-electron chi connectivity index (χ4n) is 3.41. The fourth-order valence-corrected chi connectivity index (χ4v) is 3.41. The second-order valence-corrected chi connectivity index (χ2v) is 7.44. The minimum Gasteiger partial charge on any atom is -0.487 e. The summed E-state index contributed by atoms with van der Waals surface area (Å²) in [6.07, 6.45) is 0.709. The molecule has 1 aliphatic heterocycles. The molecule has 1 saturated heterocycles. The molecule has 0 amide bonds. The van der Waals surface area contributed by atoms with Crippen LogP contribution in [0.1, 0.15) is 29.0 Å². The highest BCUT2D eigenvalue weighted by Gasteiger charge is 2.33. The number of aliphatic carboxylic acids is 1. The Kier molecular flexibility index (Phi) is 5.36.